The van der Waals surface area contributed by atoms with E-state index in [1.165, 1.54) is 11.1 Å². The number of nitrogens with two attached hydrogens (primary N) is 1. The molecule has 0 aromatic heterocycles. The zero-order chi connectivity index (χ0) is 16.8. The van der Waals surface area contributed by atoms with Crippen molar-refractivity contribution in [1.29, 1.82) is 0 Å². The molecule has 1 saturated carbocycles. The van der Waals surface area contributed by atoms with Gasteiger partial charge in [0.1, 0.15) is 0 Å². The molecule has 0 bridgehead atoms. The lowest BCUT2D eigenvalue weighted by molar-refractivity contribution is -0.208. The smallest absolute Gasteiger partial charge is 0.231 e. The number of likely N-dealkylation sites (N-methyl/N-ethyl adjacent to an activating group) is 1. The van der Waals surface area contributed by atoms with E-state index in [1.54, 1.807) is 0 Å². The average molecular weight is 344 g/mol. The summed E-state index contributed by atoms with van der Waals surface area (Å²) in [6.07, 6.45) is 2.93. The minimum atomic E-state index is -0.452. The predicted octanol–water partition coefficient (Wildman–Crippen LogP) is 1.52. The topological polar surface area (TPSA) is 66.2 Å². The van der Waals surface area contributed by atoms with Crippen LogP contribution in [0.1, 0.15) is 36.4 Å². The Bertz CT molecular complexity index is 747. The van der Waals surface area contributed by atoms with Gasteiger partial charge in [-0.1, -0.05) is 0 Å². The highest BCUT2D eigenvalue weighted by Gasteiger charge is 2.66. The van der Waals surface area contributed by atoms with Crippen molar-refractivity contribution in [3.63, 3.8) is 0 Å². The zero-order valence-electron chi connectivity index (χ0n) is 14.5. The Kier molecular flexibility index (Phi) is 2.77. The number of likely N-dealkylation sites (tertiary alicyclic amines) is 1. The monoisotopic (exact) mass is 344 g/mol. The van der Waals surface area contributed by atoms with Crippen LogP contribution in [0, 0.1) is 5.92 Å². The molecule has 6 nitrogen and oxygen atoms in total. The lowest BCUT2D eigenvalue weighted by Gasteiger charge is -2.50. The first-order valence-corrected chi connectivity index (χ1v) is 9.31. The van der Waals surface area contributed by atoms with Crippen LogP contribution >= 0.6 is 0 Å². The highest BCUT2D eigenvalue weighted by Crippen LogP contribution is 2.64. The van der Waals surface area contributed by atoms with Crippen molar-refractivity contribution >= 4 is 0 Å². The van der Waals surface area contributed by atoms with Crippen LogP contribution in [0.15, 0.2) is 12.1 Å². The van der Waals surface area contributed by atoms with E-state index in [-0.39, 0.29) is 11.5 Å². The van der Waals surface area contributed by atoms with Crippen molar-refractivity contribution < 1.29 is 18.9 Å². The molecule has 2 aliphatic carbocycles. The van der Waals surface area contributed by atoms with Crippen LogP contribution in [-0.2, 0) is 14.9 Å². The van der Waals surface area contributed by atoms with Crippen molar-refractivity contribution in [1.82, 2.24) is 4.90 Å². The first kappa shape index (κ1) is 14.8. The van der Waals surface area contributed by atoms with E-state index in [0.29, 0.717) is 32.0 Å². The third-order valence-corrected chi connectivity index (χ3v) is 7.35. The molecular formula is C19H24N2O4. The SMILES string of the molecule is CN1CC[C@@]23c4cc5c(cc4[C@H](N)[C@@H]2CC2(C[C@@H]13)OCCO2)OCO5. The van der Waals surface area contributed by atoms with Gasteiger partial charge in [0.25, 0.3) is 0 Å². The summed E-state index contributed by atoms with van der Waals surface area (Å²) in [7, 11) is 2.22. The third-order valence-electron chi connectivity index (χ3n) is 7.35. The summed E-state index contributed by atoms with van der Waals surface area (Å²) < 4.78 is 23.5. The van der Waals surface area contributed by atoms with Crippen molar-refractivity contribution in [2.24, 2.45) is 11.7 Å². The van der Waals surface area contributed by atoms with Crippen LogP contribution in [0.4, 0.5) is 0 Å². The van der Waals surface area contributed by atoms with Crippen molar-refractivity contribution in [2.45, 2.75) is 42.5 Å². The zero-order valence-corrected chi connectivity index (χ0v) is 14.5. The standard InChI is InChI=1S/C19H24N2O4/c1-21-3-2-19-12-7-15-14(22-10-23-15)6-11(12)17(20)13(19)8-18(9-16(19)21)24-4-5-25-18/h6-7,13,16-17H,2-5,8-10,20H2,1H3/t13-,16+,17-,19+/m0/s1. The maximum Gasteiger partial charge on any atom is 0.231 e. The second kappa shape index (κ2) is 4.68. The van der Waals surface area contributed by atoms with E-state index in [2.05, 4.69) is 24.1 Å². The summed E-state index contributed by atoms with van der Waals surface area (Å²) in [5.41, 5.74) is 9.49. The molecule has 25 heavy (non-hydrogen) atoms. The largest absolute Gasteiger partial charge is 0.454 e. The van der Waals surface area contributed by atoms with Gasteiger partial charge in [0.05, 0.1) is 13.2 Å². The van der Waals surface area contributed by atoms with Crippen molar-refractivity contribution in [3.05, 3.63) is 23.3 Å². The van der Waals surface area contributed by atoms with Crippen molar-refractivity contribution in [2.75, 3.05) is 33.6 Å². The van der Waals surface area contributed by atoms with Crippen LogP contribution in [0.5, 0.6) is 11.5 Å². The van der Waals surface area contributed by atoms with E-state index >= 15 is 0 Å². The number of hydrogen-bond donors (Lipinski definition) is 1. The van der Waals surface area contributed by atoms with E-state index < -0.39 is 5.79 Å². The van der Waals surface area contributed by atoms with Gasteiger partial charge in [-0.2, -0.15) is 0 Å². The van der Waals surface area contributed by atoms with E-state index in [4.69, 9.17) is 24.7 Å². The lowest BCUT2D eigenvalue weighted by Crippen LogP contribution is -2.57. The van der Waals surface area contributed by atoms with Gasteiger partial charge >= 0.3 is 0 Å². The Morgan fingerprint density at radius 1 is 1.12 bits per heavy atom. The minimum absolute atomic E-state index is 0.0107. The molecule has 5 aliphatic rings. The molecule has 0 unspecified atom stereocenters. The molecule has 2 N–H and O–H groups in total. The number of ether oxygens (including phenoxy) is 4. The molecule has 0 amide bonds. The molecule has 3 aliphatic heterocycles. The Hall–Kier alpha value is -1.34. The van der Waals surface area contributed by atoms with Gasteiger partial charge < -0.3 is 29.6 Å². The van der Waals surface area contributed by atoms with Crippen LogP contribution < -0.4 is 15.2 Å². The Morgan fingerprint density at radius 2 is 1.88 bits per heavy atom. The number of nitrogens with zero attached hydrogens (tertiary/aromatic N) is 1. The molecule has 1 aromatic carbocycles. The molecule has 3 heterocycles. The third kappa shape index (κ3) is 1.69. The summed E-state index contributed by atoms with van der Waals surface area (Å²) in [4.78, 5) is 2.48. The molecule has 2 saturated heterocycles. The quantitative estimate of drug-likeness (QED) is 0.770. The second-order valence-electron chi connectivity index (χ2n) is 8.23. The number of fused-ring (bicyclic) bond motifs is 2. The molecule has 6 heteroatoms. The fourth-order valence-electron chi connectivity index (χ4n) is 6.29. The summed E-state index contributed by atoms with van der Waals surface area (Å²) >= 11 is 0. The van der Waals surface area contributed by atoms with Gasteiger partial charge in [0.2, 0.25) is 6.79 Å². The summed E-state index contributed by atoms with van der Waals surface area (Å²) in [6, 6.07) is 4.70. The molecule has 2 spiro atoms. The number of rotatable bonds is 0. The van der Waals surface area contributed by atoms with Crippen LogP contribution in [-0.4, -0.2) is 50.3 Å². The predicted molar refractivity (Wildman–Crippen MR) is 89.6 cm³/mol. The highest BCUT2D eigenvalue weighted by molar-refractivity contribution is 5.57. The number of hydrogen-bond acceptors (Lipinski definition) is 6. The van der Waals surface area contributed by atoms with E-state index in [1.807, 2.05) is 0 Å². The highest BCUT2D eigenvalue weighted by atomic mass is 16.7. The molecule has 0 radical (unpaired) electrons. The summed E-state index contributed by atoms with van der Waals surface area (Å²) in [5.74, 6) is 1.57. The lowest BCUT2D eigenvalue weighted by atomic mass is 9.60. The molecule has 134 valence electrons. The molecule has 6 rings (SSSR count). The maximum absolute atomic E-state index is 6.82. The Morgan fingerprint density at radius 3 is 2.68 bits per heavy atom. The Labute approximate surface area is 147 Å². The first-order valence-electron chi connectivity index (χ1n) is 9.31. The average Bonchev–Trinajstić information content (AvgIpc) is 3.36. The van der Waals surface area contributed by atoms with Gasteiger partial charge in [-0.3, -0.25) is 0 Å². The van der Waals surface area contributed by atoms with Crippen molar-refractivity contribution in [3.8, 4) is 11.5 Å². The maximum atomic E-state index is 6.82. The molecule has 4 atom stereocenters. The van der Waals surface area contributed by atoms with Gasteiger partial charge in [-0.05, 0) is 49.2 Å². The first-order chi connectivity index (χ1) is 12.1. The molecule has 3 fully saturated rings. The fourth-order valence-corrected chi connectivity index (χ4v) is 6.29. The summed E-state index contributed by atoms with van der Waals surface area (Å²) in [5, 5.41) is 0. The molecular weight excluding hydrogens is 320 g/mol. The van der Waals surface area contributed by atoms with Gasteiger partial charge in [-0.25, -0.2) is 0 Å². The molecule has 1 aromatic rings. The number of benzene rings is 1. The second-order valence-corrected chi connectivity index (χ2v) is 8.23. The van der Waals surface area contributed by atoms with Crippen LogP contribution in [0.25, 0.3) is 0 Å². The van der Waals surface area contributed by atoms with Gasteiger partial charge in [0, 0.05) is 30.3 Å². The van der Waals surface area contributed by atoms with E-state index in [9.17, 15) is 0 Å². The minimum Gasteiger partial charge on any atom is -0.454 e. The van der Waals surface area contributed by atoms with E-state index in [0.717, 1.165) is 37.3 Å². The van der Waals surface area contributed by atoms with Gasteiger partial charge in [0.15, 0.2) is 17.3 Å². The summed E-state index contributed by atoms with van der Waals surface area (Å²) in [6.45, 7) is 2.76. The van der Waals surface area contributed by atoms with Crippen LogP contribution in [0.3, 0.4) is 0 Å². The van der Waals surface area contributed by atoms with Gasteiger partial charge in [-0.15, -0.1) is 0 Å². The fraction of sp³-hybridized carbons (Fsp3) is 0.684. The van der Waals surface area contributed by atoms with Crippen LogP contribution in [0.2, 0.25) is 0 Å². The Balaban J connectivity index is 1.53. The normalized spacial score (nSPS) is 40.3.